The van der Waals surface area contributed by atoms with Gasteiger partial charge in [-0.1, -0.05) is 92.2 Å². The fourth-order valence-electron chi connectivity index (χ4n) is 4.24. The average Bonchev–Trinajstić information content (AvgIpc) is 3.16. The first-order valence-electron chi connectivity index (χ1n) is 10.6. The molecule has 0 N–H and O–H groups in total. The second kappa shape index (κ2) is 9.09. The number of hydrogen-bond acceptors (Lipinski definition) is 4. The van der Waals surface area contributed by atoms with Crippen LogP contribution in [0.25, 0.3) is 0 Å². The SMILES string of the molecule is CCC[C@]1([C@H](CC(=O)c2ccccc2)c2ccccc2)N=C(c2ccccc2)OC1=O. The van der Waals surface area contributed by atoms with Gasteiger partial charge in [-0.05, 0) is 24.1 Å². The van der Waals surface area contributed by atoms with E-state index in [-0.39, 0.29) is 18.2 Å². The molecule has 31 heavy (non-hydrogen) atoms. The molecule has 0 radical (unpaired) electrons. The molecule has 3 aromatic carbocycles. The first-order chi connectivity index (χ1) is 15.1. The van der Waals surface area contributed by atoms with E-state index in [0.29, 0.717) is 17.9 Å². The van der Waals surface area contributed by atoms with Crippen molar-refractivity contribution in [1.82, 2.24) is 0 Å². The molecule has 0 fully saturated rings. The van der Waals surface area contributed by atoms with Gasteiger partial charge in [0.2, 0.25) is 5.90 Å². The van der Waals surface area contributed by atoms with Gasteiger partial charge in [-0.25, -0.2) is 9.79 Å². The van der Waals surface area contributed by atoms with Crippen LogP contribution >= 0.6 is 0 Å². The van der Waals surface area contributed by atoms with E-state index in [2.05, 4.69) is 0 Å². The Balaban J connectivity index is 1.80. The lowest BCUT2D eigenvalue weighted by Gasteiger charge is -2.31. The Hall–Kier alpha value is -3.53. The van der Waals surface area contributed by atoms with Crippen LogP contribution < -0.4 is 0 Å². The largest absolute Gasteiger partial charge is 0.405 e. The molecule has 0 spiro atoms. The highest BCUT2D eigenvalue weighted by Crippen LogP contribution is 2.43. The Kier molecular flexibility index (Phi) is 6.08. The van der Waals surface area contributed by atoms with Gasteiger partial charge in [0.15, 0.2) is 11.3 Å². The minimum absolute atomic E-state index is 0.0129. The van der Waals surface area contributed by atoms with Gasteiger partial charge in [0.1, 0.15) is 0 Å². The Bertz CT molecular complexity index is 1080. The first-order valence-corrected chi connectivity index (χ1v) is 10.6. The fourth-order valence-corrected chi connectivity index (χ4v) is 4.24. The van der Waals surface area contributed by atoms with E-state index in [4.69, 9.17) is 9.73 Å². The number of carbonyl (C=O) groups excluding carboxylic acids is 2. The number of ether oxygens (including phenoxy) is 1. The third-order valence-corrected chi connectivity index (χ3v) is 5.76. The van der Waals surface area contributed by atoms with Crippen molar-refractivity contribution in [1.29, 1.82) is 0 Å². The van der Waals surface area contributed by atoms with Crippen LogP contribution in [-0.2, 0) is 9.53 Å². The van der Waals surface area contributed by atoms with Crippen LogP contribution in [0.3, 0.4) is 0 Å². The zero-order valence-corrected chi connectivity index (χ0v) is 17.5. The van der Waals surface area contributed by atoms with Gasteiger partial charge in [0.25, 0.3) is 0 Å². The summed E-state index contributed by atoms with van der Waals surface area (Å²) < 4.78 is 5.71. The maximum atomic E-state index is 13.4. The molecule has 1 aliphatic heterocycles. The van der Waals surface area contributed by atoms with Gasteiger partial charge in [0.05, 0.1) is 0 Å². The predicted molar refractivity (Wildman–Crippen MR) is 121 cm³/mol. The Morgan fingerprint density at radius 2 is 1.48 bits per heavy atom. The van der Waals surface area contributed by atoms with Crippen molar-refractivity contribution in [2.45, 2.75) is 37.6 Å². The molecular formula is C27H25NO3. The molecule has 156 valence electrons. The number of esters is 1. The minimum atomic E-state index is -1.13. The molecule has 1 heterocycles. The Morgan fingerprint density at radius 1 is 0.903 bits per heavy atom. The lowest BCUT2D eigenvalue weighted by Crippen LogP contribution is -2.41. The van der Waals surface area contributed by atoms with Crippen molar-refractivity contribution >= 4 is 17.7 Å². The smallest absolute Gasteiger partial charge is 0.341 e. The van der Waals surface area contributed by atoms with Gasteiger partial charge < -0.3 is 4.74 Å². The standard InChI is InChI=1S/C27H25NO3/c1-2-18-27(26(30)31-25(28-27)22-16-10-5-11-17-22)23(20-12-6-3-7-13-20)19-24(29)21-14-8-4-9-15-21/h3-17,23H,2,18-19H2,1H3/t23-,27-/m1/s1. The van der Waals surface area contributed by atoms with Crippen LogP contribution in [0.4, 0.5) is 0 Å². The van der Waals surface area contributed by atoms with Crippen molar-refractivity contribution in [2.75, 3.05) is 0 Å². The number of benzene rings is 3. The molecule has 0 unspecified atom stereocenters. The van der Waals surface area contributed by atoms with E-state index in [9.17, 15) is 9.59 Å². The van der Waals surface area contributed by atoms with E-state index in [1.54, 1.807) is 0 Å². The average molecular weight is 412 g/mol. The molecule has 0 saturated carbocycles. The lowest BCUT2D eigenvalue weighted by atomic mass is 9.73. The maximum absolute atomic E-state index is 13.4. The molecular weight excluding hydrogens is 386 g/mol. The highest BCUT2D eigenvalue weighted by atomic mass is 16.6. The normalized spacial score (nSPS) is 18.9. The first kappa shape index (κ1) is 20.7. The topological polar surface area (TPSA) is 55.7 Å². The van der Waals surface area contributed by atoms with Crippen LogP contribution in [0, 0.1) is 0 Å². The Morgan fingerprint density at radius 3 is 2.10 bits per heavy atom. The highest BCUT2D eigenvalue weighted by Gasteiger charge is 2.52. The van der Waals surface area contributed by atoms with Gasteiger partial charge in [0, 0.05) is 23.5 Å². The summed E-state index contributed by atoms with van der Waals surface area (Å²) in [5.41, 5.74) is 1.17. The molecule has 4 heteroatoms. The molecule has 0 bridgehead atoms. The van der Waals surface area contributed by atoms with E-state index in [1.807, 2.05) is 97.9 Å². The van der Waals surface area contributed by atoms with E-state index >= 15 is 0 Å². The van der Waals surface area contributed by atoms with Gasteiger partial charge in [-0.2, -0.15) is 0 Å². The van der Waals surface area contributed by atoms with Crippen molar-refractivity contribution in [3.8, 4) is 0 Å². The molecule has 2 atom stereocenters. The summed E-state index contributed by atoms with van der Waals surface area (Å²) in [6, 6.07) is 28.3. The fraction of sp³-hybridized carbons (Fsp3) is 0.222. The van der Waals surface area contributed by atoms with Gasteiger partial charge >= 0.3 is 5.97 Å². The van der Waals surface area contributed by atoms with Crippen LogP contribution in [0.5, 0.6) is 0 Å². The molecule has 0 saturated heterocycles. The molecule has 3 aromatic rings. The van der Waals surface area contributed by atoms with E-state index < -0.39 is 11.5 Å². The number of cyclic esters (lactones) is 1. The monoisotopic (exact) mass is 411 g/mol. The van der Waals surface area contributed by atoms with E-state index in [1.165, 1.54) is 0 Å². The summed E-state index contributed by atoms with van der Waals surface area (Å²) in [6.45, 7) is 2.02. The van der Waals surface area contributed by atoms with Gasteiger partial charge in [-0.15, -0.1) is 0 Å². The summed E-state index contributed by atoms with van der Waals surface area (Å²) in [5.74, 6) is -0.494. The molecule has 1 aliphatic rings. The quantitative estimate of drug-likeness (QED) is 0.359. The summed E-state index contributed by atoms with van der Waals surface area (Å²) in [7, 11) is 0. The summed E-state index contributed by atoms with van der Waals surface area (Å²) in [5, 5.41) is 0. The van der Waals surface area contributed by atoms with Crippen LogP contribution in [0.2, 0.25) is 0 Å². The minimum Gasteiger partial charge on any atom is -0.405 e. The number of hydrogen-bond donors (Lipinski definition) is 0. The van der Waals surface area contributed by atoms with E-state index in [0.717, 1.165) is 17.5 Å². The van der Waals surface area contributed by atoms with Crippen molar-refractivity contribution < 1.29 is 14.3 Å². The summed E-state index contributed by atoms with van der Waals surface area (Å²) in [4.78, 5) is 31.4. The second-order valence-electron chi connectivity index (χ2n) is 7.80. The molecule has 0 aromatic heterocycles. The van der Waals surface area contributed by atoms with Crippen LogP contribution in [0.15, 0.2) is 96.0 Å². The molecule has 4 nitrogen and oxygen atoms in total. The molecule has 0 amide bonds. The van der Waals surface area contributed by atoms with Crippen molar-refractivity contribution in [2.24, 2.45) is 4.99 Å². The van der Waals surface area contributed by atoms with Crippen molar-refractivity contribution in [3.63, 3.8) is 0 Å². The van der Waals surface area contributed by atoms with Crippen molar-refractivity contribution in [3.05, 3.63) is 108 Å². The maximum Gasteiger partial charge on any atom is 0.341 e. The van der Waals surface area contributed by atoms with Crippen LogP contribution in [-0.4, -0.2) is 23.2 Å². The zero-order valence-electron chi connectivity index (χ0n) is 17.5. The predicted octanol–water partition coefficient (Wildman–Crippen LogP) is 5.59. The second-order valence-corrected chi connectivity index (χ2v) is 7.80. The third-order valence-electron chi connectivity index (χ3n) is 5.76. The number of rotatable bonds is 8. The summed E-state index contributed by atoms with van der Waals surface area (Å²) >= 11 is 0. The van der Waals surface area contributed by atoms with Crippen LogP contribution in [0.1, 0.15) is 53.6 Å². The number of nitrogens with zero attached hydrogens (tertiary/aromatic N) is 1. The molecule has 4 rings (SSSR count). The third kappa shape index (κ3) is 4.19. The summed E-state index contributed by atoms with van der Waals surface area (Å²) in [6.07, 6.45) is 1.42. The number of carbonyl (C=O) groups is 2. The highest BCUT2D eigenvalue weighted by molar-refractivity contribution is 6.09. The lowest BCUT2D eigenvalue weighted by molar-refractivity contribution is -0.140. The van der Waals surface area contributed by atoms with Gasteiger partial charge in [-0.3, -0.25) is 4.79 Å². The number of ketones is 1. The zero-order chi connectivity index (χ0) is 21.7. The number of aliphatic imine (C=N–C) groups is 1. The number of Topliss-reactive ketones (excluding diaryl/α,β-unsaturated/α-hetero) is 1. The molecule has 0 aliphatic carbocycles. The Labute approximate surface area is 182 Å².